The van der Waals surface area contributed by atoms with Crippen LogP contribution in [0.3, 0.4) is 0 Å². The third-order valence-electron chi connectivity index (χ3n) is 5.90. The van der Waals surface area contributed by atoms with Gasteiger partial charge < -0.3 is 0 Å². The molecule has 2 nitrogen and oxygen atoms in total. The Morgan fingerprint density at radius 1 is 0.609 bits per heavy atom. The Morgan fingerprint density at radius 2 is 1.09 bits per heavy atom. The van der Waals surface area contributed by atoms with E-state index in [-0.39, 0.29) is 11.6 Å². The second-order valence-corrected chi connectivity index (χ2v) is 7.00. The molecule has 116 valence electrons. The zero-order valence-corrected chi connectivity index (χ0v) is 14.3. The van der Waals surface area contributed by atoms with Crippen LogP contribution in [0.1, 0.15) is 70.8 Å². The molecule has 0 unspecified atom stereocenters. The fourth-order valence-electron chi connectivity index (χ4n) is 4.42. The molecule has 2 aromatic carbocycles. The smallest absolute Gasteiger partial charge is 0.195 e. The zero-order chi connectivity index (χ0) is 16.6. The van der Waals surface area contributed by atoms with Crippen LogP contribution in [0.2, 0.25) is 0 Å². The molecule has 0 saturated carbocycles. The molecule has 5 rings (SSSR count). The van der Waals surface area contributed by atoms with Crippen molar-refractivity contribution in [3.8, 4) is 0 Å². The predicted octanol–water partition coefficient (Wildman–Crippen LogP) is 4.10. The Labute approximate surface area is 136 Å². The molecule has 3 aliphatic carbocycles. The maximum atomic E-state index is 13.3. The van der Waals surface area contributed by atoms with Crippen molar-refractivity contribution in [1.29, 1.82) is 0 Å². The van der Waals surface area contributed by atoms with Gasteiger partial charge in [0, 0.05) is 22.3 Å². The highest BCUT2D eigenvalue weighted by molar-refractivity contribution is 6.31. The van der Waals surface area contributed by atoms with Gasteiger partial charge in [-0.2, -0.15) is 0 Å². The molecule has 0 aromatic heterocycles. The average molecular weight is 304 g/mol. The summed E-state index contributed by atoms with van der Waals surface area (Å²) in [7, 11) is 0. The lowest BCUT2D eigenvalue weighted by Crippen LogP contribution is -2.30. The number of carbonyl (C=O) groups excluding carboxylic acids is 2. The molecule has 2 heteroatoms. The average Bonchev–Trinajstić information content (AvgIpc) is 2.52. The number of rotatable bonds is 0. The molecule has 0 aliphatic heterocycles. The van der Waals surface area contributed by atoms with Crippen LogP contribution in [0.4, 0.5) is 0 Å². The summed E-state index contributed by atoms with van der Waals surface area (Å²) < 4.78 is 0. The van der Waals surface area contributed by atoms with Gasteiger partial charge in [-0.3, -0.25) is 9.59 Å². The van der Waals surface area contributed by atoms with Crippen molar-refractivity contribution >= 4 is 11.6 Å². The molecular formula is C21H20O2. The van der Waals surface area contributed by atoms with Crippen LogP contribution in [-0.4, -0.2) is 11.6 Å². The fourth-order valence-corrected chi connectivity index (χ4v) is 4.42. The Balaban J connectivity index is 2.17. The topological polar surface area (TPSA) is 34.1 Å². The molecule has 0 amide bonds. The summed E-state index contributed by atoms with van der Waals surface area (Å²) in [6, 6.07) is 2.03. The lowest BCUT2D eigenvalue weighted by molar-refractivity contribution is 0.0975. The van der Waals surface area contributed by atoms with Gasteiger partial charge in [-0.05, 0) is 86.4 Å². The van der Waals surface area contributed by atoms with E-state index < -0.39 is 0 Å². The maximum Gasteiger partial charge on any atom is 0.195 e. The highest BCUT2D eigenvalue weighted by Gasteiger charge is 2.39. The highest BCUT2D eigenvalue weighted by Crippen LogP contribution is 2.42. The lowest BCUT2D eigenvalue weighted by atomic mass is 9.69. The molecule has 0 saturated heterocycles. The largest absolute Gasteiger partial charge is 0.289 e. The summed E-state index contributed by atoms with van der Waals surface area (Å²) in [5.74, 6) is 0.104. The van der Waals surface area contributed by atoms with E-state index in [9.17, 15) is 9.59 Å². The van der Waals surface area contributed by atoms with Crippen LogP contribution >= 0.6 is 0 Å². The number of hydrogen-bond acceptors (Lipinski definition) is 2. The molecule has 2 bridgehead atoms. The second-order valence-electron chi connectivity index (χ2n) is 7.00. The fraction of sp³-hybridized carbons (Fsp3) is 0.333. The summed E-state index contributed by atoms with van der Waals surface area (Å²) in [6.07, 6.45) is 1.77. The van der Waals surface area contributed by atoms with Gasteiger partial charge in [0.25, 0.3) is 0 Å². The molecule has 0 fully saturated rings. The van der Waals surface area contributed by atoms with Crippen LogP contribution in [0.5, 0.6) is 0 Å². The first kappa shape index (κ1) is 14.4. The Hall–Kier alpha value is -2.22. The van der Waals surface area contributed by atoms with Gasteiger partial charge in [0.05, 0.1) is 0 Å². The summed E-state index contributed by atoms with van der Waals surface area (Å²) in [5.41, 5.74) is 10.2. The third kappa shape index (κ3) is 1.59. The number of aryl methyl sites for hydroxylation is 2. The van der Waals surface area contributed by atoms with Crippen LogP contribution in [0.25, 0.3) is 0 Å². The number of fused-ring (bicyclic) bond motifs is 3. The molecule has 0 radical (unpaired) electrons. The van der Waals surface area contributed by atoms with Crippen LogP contribution in [0, 0.1) is 34.6 Å². The molecule has 0 heterocycles. The molecule has 2 aromatic rings. The van der Waals surface area contributed by atoms with Gasteiger partial charge >= 0.3 is 0 Å². The Kier molecular flexibility index (Phi) is 2.76. The zero-order valence-electron chi connectivity index (χ0n) is 14.3. The maximum absolute atomic E-state index is 13.3. The first-order valence-corrected chi connectivity index (χ1v) is 8.19. The van der Waals surface area contributed by atoms with Gasteiger partial charge in [-0.15, -0.1) is 0 Å². The van der Waals surface area contributed by atoms with Gasteiger partial charge in [0.2, 0.25) is 0 Å². The standard InChI is InChI=1S/C21H20O2/c1-9-8-10(2)16-17(11(9)3)21(23)19-15-7-6-14(12(4)13(15)5)18(19)20(16)22/h8H,6-7H2,1-5H3. The number of ketones is 2. The van der Waals surface area contributed by atoms with Crippen molar-refractivity contribution in [2.45, 2.75) is 47.5 Å². The monoisotopic (exact) mass is 304 g/mol. The first-order chi connectivity index (χ1) is 10.8. The van der Waals surface area contributed by atoms with E-state index in [0.29, 0.717) is 22.3 Å². The van der Waals surface area contributed by atoms with Crippen LogP contribution < -0.4 is 0 Å². The quantitative estimate of drug-likeness (QED) is 0.626. The van der Waals surface area contributed by atoms with Gasteiger partial charge in [0.1, 0.15) is 0 Å². The number of hydrogen-bond donors (Lipinski definition) is 0. The minimum Gasteiger partial charge on any atom is -0.289 e. The molecule has 0 N–H and O–H groups in total. The van der Waals surface area contributed by atoms with Crippen molar-refractivity contribution in [2.75, 3.05) is 0 Å². The van der Waals surface area contributed by atoms with E-state index in [1.54, 1.807) is 0 Å². The second kappa shape index (κ2) is 4.41. The lowest BCUT2D eigenvalue weighted by Gasteiger charge is -2.32. The molecule has 0 spiro atoms. The molecule has 0 atom stereocenters. The van der Waals surface area contributed by atoms with Crippen molar-refractivity contribution in [3.05, 3.63) is 67.3 Å². The summed E-state index contributed by atoms with van der Waals surface area (Å²) in [5, 5.41) is 0. The summed E-state index contributed by atoms with van der Waals surface area (Å²) >= 11 is 0. The van der Waals surface area contributed by atoms with Crippen LogP contribution in [0.15, 0.2) is 6.07 Å². The molecule has 23 heavy (non-hydrogen) atoms. The Bertz CT molecular complexity index is 946. The van der Waals surface area contributed by atoms with Gasteiger partial charge in [-0.25, -0.2) is 0 Å². The van der Waals surface area contributed by atoms with Crippen molar-refractivity contribution in [2.24, 2.45) is 0 Å². The minimum absolute atomic E-state index is 0.0502. The van der Waals surface area contributed by atoms with E-state index in [2.05, 4.69) is 13.8 Å². The third-order valence-corrected chi connectivity index (χ3v) is 5.90. The van der Waals surface area contributed by atoms with Crippen molar-refractivity contribution in [1.82, 2.24) is 0 Å². The highest BCUT2D eigenvalue weighted by atomic mass is 16.1. The van der Waals surface area contributed by atoms with E-state index in [4.69, 9.17) is 0 Å². The molecular weight excluding hydrogens is 284 g/mol. The number of benzene rings is 2. The minimum atomic E-state index is 0.0502. The van der Waals surface area contributed by atoms with Crippen molar-refractivity contribution in [3.63, 3.8) is 0 Å². The van der Waals surface area contributed by atoms with Crippen LogP contribution in [-0.2, 0) is 12.8 Å². The van der Waals surface area contributed by atoms with E-state index in [1.165, 1.54) is 11.1 Å². The predicted molar refractivity (Wildman–Crippen MR) is 90.8 cm³/mol. The number of carbonyl (C=O) groups is 2. The van der Waals surface area contributed by atoms with E-state index in [0.717, 1.165) is 40.7 Å². The summed E-state index contributed by atoms with van der Waals surface area (Å²) in [4.78, 5) is 26.6. The molecule has 3 aliphatic rings. The van der Waals surface area contributed by atoms with E-state index in [1.807, 2.05) is 26.8 Å². The summed E-state index contributed by atoms with van der Waals surface area (Å²) in [6.45, 7) is 10.1. The first-order valence-electron chi connectivity index (χ1n) is 8.19. The van der Waals surface area contributed by atoms with Crippen molar-refractivity contribution < 1.29 is 9.59 Å². The normalized spacial score (nSPS) is 15.0. The SMILES string of the molecule is Cc1cc(C)c2c(c1C)C(=O)c1c3c(C)c(C)c(c1C2=O)CC3. The van der Waals surface area contributed by atoms with Gasteiger partial charge in [0.15, 0.2) is 11.6 Å². The van der Waals surface area contributed by atoms with Gasteiger partial charge in [-0.1, -0.05) is 6.07 Å². The van der Waals surface area contributed by atoms with E-state index >= 15 is 0 Å². The Morgan fingerprint density at radius 3 is 1.61 bits per heavy atom.